The summed E-state index contributed by atoms with van der Waals surface area (Å²) in [4.78, 5) is 22.5. The van der Waals surface area contributed by atoms with E-state index in [4.69, 9.17) is 23.6 Å². The second kappa shape index (κ2) is 42.1. The average Bonchev–Trinajstić information content (AvgIpc) is 3.16. The molecule has 0 aromatic heterocycles. The van der Waals surface area contributed by atoms with E-state index in [0.29, 0.717) is 6.61 Å². The molecule has 54 heavy (non-hydrogen) atoms. The summed E-state index contributed by atoms with van der Waals surface area (Å²) >= 11 is 0. The minimum absolute atomic E-state index is 0.0579. The summed E-state index contributed by atoms with van der Waals surface area (Å²) in [5.74, 6) is -0.379. The number of ether oxygens (including phenoxy) is 2. The van der Waals surface area contributed by atoms with Gasteiger partial charge in [-0.25, -0.2) is 4.57 Å². The van der Waals surface area contributed by atoms with Crippen molar-refractivity contribution in [3.8, 4) is 0 Å². The summed E-state index contributed by atoms with van der Waals surface area (Å²) in [6, 6.07) is 0. The van der Waals surface area contributed by atoms with E-state index in [2.05, 4.69) is 13.8 Å². The van der Waals surface area contributed by atoms with Gasteiger partial charge in [-0.3, -0.25) is 13.8 Å². The highest BCUT2D eigenvalue weighted by atomic mass is 31.2. The van der Waals surface area contributed by atoms with Gasteiger partial charge in [0.2, 0.25) is 0 Å². The van der Waals surface area contributed by atoms with Crippen molar-refractivity contribution < 1.29 is 43.0 Å². The Balaban J connectivity index is 3.95. The van der Waals surface area contributed by atoms with E-state index >= 15 is 0 Å². The first-order valence-electron chi connectivity index (χ1n) is 23.0. The van der Waals surface area contributed by atoms with Crippen LogP contribution in [0.3, 0.4) is 0 Å². The van der Waals surface area contributed by atoms with Gasteiger partial charge >= 0.3 is 13.8 Å². The van der Waals surface area contributed by atoms with Gasteiger partial charge in [0.15, 0.2) is 0 Å². The normalized spacial score (nSPS) is 13.9. The van der Waals surface area contributed by atoms with Crippen molar-refractivity contribution in [3.63, 3.8) is 0 Å². The van der Waals surface area contributed by atoms with Gasteiger partial charge in [0.25, 0.3) is 0 Å². The van der Waals surface area contributed by atoms with Crippen molar-refractivity contribution in [2.45, 2.75) is 244 Å². The SMILES string of the molecule is CCCCCCCCCCCCCCCCCCCCCCCCCOCC(COP(=O)(O)OCC(O)CO)OC(=O)CCCCCCCCCCCC. The molecule has 3 unspecified atom stereocenters. The molecule has 0 saturated heterocycles. The predicted octanol–water partition coefficient (Wildman–Crippen LogP) is 12.7. The number of carbonyl (C=O) groups is 1. The Labute approximate surface area is 333 Å². The summed E-state index contributed by atoms with van der Waals surface area (Å²) in [6.45, 7) is 3.56. The molecule has 0 saturated carbocycles. The number of aliphatic hydroxyl groups is 2. The van der Waals surface area contributed by atoms with Crippen LogP contribution in [0, 0.1) is 0 Å². The molecule has 0 rings (SSSR count). The predicted molar refractivity (Wildman–Crippen MR) is 224 cm³/mol. The second-order valence-electron chi connectivity index (χ2n) is 15.8. The summed E-state index contributed by atoms with van der Waals surface area (Å²) in [6.07, 6.45) is 40.8. The first kappa shape index (κ1) is 53.5. The molecule has 3 N–H and O–H groups in total. The Morgan fingerprint density at radius 2 is 0.833 bits per heavy atom. The lowest BCUT2D eigenvalue weighted by Gasteiger charge is -2.20. The third-order valence-corrected chi connectivity index (χ3v) is 11.2. The minimum atomic E-state index is -4.51. The van der Waals surface area contributed by atoms with Gasteiger partial charge in [0.05, 0.1) is 26.4 Å². The molecule has 0 aliphatic heterocycles. The van der Waals surface area contributed by atoms with Crippen molar-refractivity contribution in [2.24, 2.45) is 0 Å². The third-order valence-electron chi connectivity index (χ3n) is 10.3. The smallest absolute Gasteiger partial charge is 0.457 e. The van der Waals surface area contributed by atoms with E-state index in [1.165, 1.54) is 180 Å². The fourth-order valence-electron chi connectivity index (χ4n) is 6.77. The number of hydrogen-bond acceptors (Lipinski definition) is 8. The molecule has 0 bridgehead atoms. The summed E-state index contributed by atoms with van der Waals surface area (Å²) in [5, 5.41) is 18.3. The van der Waals surface area contributed by atoms with E-state index < -0.39 is 33.2 Å². The van der Waals surface area contributed by atoms with E-state index in [1.54, 1.807) is 0 Å². The number of aliphatic hydroxyl groups excluding tert-OH is 2. The van der Waals surface area contributed by atoms with Crippen LogP contribution in [-0.2, 0) is 27.9 Å². The molecule has 0 aromatic carbocycles. The van der Waals surface area contributed by atoms with Crippen LogP contribution in [0.1, 0.15) is 232 Å². The first-order valence-corrected chi connectivity index (χ1v) is 24.5. The van der Waals surface area contributed by atoms with Gasteiger partial charge in [-0.1, -0.05) is 213 Å². The van der Waals surface area contributed by atoms with E-state index in [1.807, 2.05) is 0 Å². The molecule has 0 amide bonds. The molecule has 10 heteroatoms. The van der Waals surface area contributed by atoms with Gasteiger partial charge in [0, 0.05) is 13.0 Å². The fraction of sp³-hybridized carbons (Fsp3) is 0.977. The second-order valence-corrected chi connectivity index (χ2v) is 17.2. The lowest BCUT2D eigenvalue weighted by molar-refractivity contribution is -0.154. The van der Waals surface area contributed by atoms with Gasteiger partial charge in [-0.2, -0.15) is 0 Å². The maximum absolute atomic E-state index is 12.6. The van der Waals surface area contributed by atoms with Crippen molar-refractivity contribution in [2.75, 3.05) is 33.0 Å². The molecule has 0 aliphatic carbocycles. The number of unbranched alkanes of at least 4 members (excludes halogenated alkanes) is 31. The molecule has 3 atom stereocenters. The molecule has 0 radical (unpaired) electrons. The maximum Gasteiger partial charge on any atom is 0.472 e. The van der Waals surface area contributed by atoms with Crippen LogP contribution >= 0.6 is 7.82 Å². The maximum atomic E-state index is 12.6. The number of phosphoric acid groups is 1. The zero-order chi connectivity index (χ0) is 39.6. The topological polar surface area (TPSA) is 132 Å². The van der Waals surface area contributed by atoms with Crippen LogP contribution in [0.25, 0.3) is 0 Å². The van der Waals surface area contributed by atoms with Crippen molar-refractivity contribution >= 4 is 13.8 Å². The lowest BCUT2D eigenvalue weighted by atomic mass is 10.0. The fourth-order valence-corrected chi connectivity index (χ4v) is 7.56. The minimum Gasteiger partial charge on any atom is -0.457 e. The van der Waals surface area contributed by atoms with Gasteiger partial charge in [-0.15, -0.1) is 0 Å². The lowest BCUT2D eigenvalue weighted by Crippen LogP contribution is -2.29. The number of carbonyl (C=O) groups excluding carboxylic acids is 1. The Morgan fingerprint density at radius 1 is 0.500 bits per heavy atom. The number of phosphoric ester groups is 1. The van der Waals surface area contributed by atoms with Crippen LogP contribution in [0.4, 0.5) is 0 Å². The summed E-state index contributed by atoms with van der Waals surface area (Å²) < 4.78 is 33.3. The average molecular weight is 793 g/mol. The van der Waals surface area contributed by atoms with Crippen LogP contribution in [0.15, 0.2) is 0 Å². The summed E-state index contributed by atoms with van der Waals surface area (Å²) in [5.41, 5.74) is 0. The van der Waals surface area contributed by atoms with Crippen LogP contribution in [-0.4, -0.2) is 66.3 Å². The van der Waals surface area contributed by atoms with Crippen LogP contribution < -0.4 is 0 Å². The number of hydrogen-bond donors (Lipinski definition) is 3. The number of esters is 1. The van der Waals surface area contributed by atoms with E-state index in [0.717, 1.165) is 32.1 Å². The van der Waals surface area contributed by atoms with Crippen LogP contribution in [0.5, 0.6) is 0 Å². The highest BCUT2D eigenvalue weighted by molar-refractivity contribution is 7.47. The Bertz CT molecular complexity index is 815. The highest BCUT2D eigenvalue weighted by Crippen LogP contribution is 2.43. The molecule has 0 aliphatic rings. The standard InChI is InChI=1S/C44H89O9P/c1-3-5-7-9-11-13-15-16-17-18-19-20-21-22-23-24-25-26-27-29-31-33-35-37-50-40-43(41-52-54(48,49)51-39-42(46)38-45)53-44(47)36-34-32-30-28-14-12-10-8-6-4-2/h42-43,45-46H,3-41H2,1-2H3,(H,48,49). The molecule has 0 aromatic rings. The molecule has 0 heterocycles. The van der Waals surface area contributed by atoms with Crippen molar-refractivity contribution in [1.29, 1.82) is 0 Å². The van der Waals surface area contributed by atoms with Crippen molar-refractivity contribution in [1.82, 2.24) is 0 Å². The van der Waals surface area contributed by atoms with E-state index in [-0.39, 0.29) is 25.6 Å². The summed E-state index contributed by atoms with van der Waals surface area (Å²) in [7, 11) is -4.51. The van der Waals surface area contributed by atoms with Crippen molar-refractivity contribution in [3.05, 3.63) is 0 Å². The molecule has 0 fully saturated rings. The zero-order valence-electron chi connectivity index (χ0n) is 35.5. The Hall–Kier alpha value is -0.540. The molecular formula is C44H89O9P. The van der Waals surface area contributed by atoms with Gasteiger partial charge in [0.1, 0.15) is 12.2 Å². The molecular weight excluding hydrogens is 703 g/mol. The third kappa shape index (κ3) is 41.1. The molecule has 9 nitrogen and oxygen atoms in total. The van der Waals surface area contributed by atoms with Crippen LogP contribution in [0.2, 0.25) is 0 Å². The first-order chi connectivity index (χ1) is 26.3. The highest BCUT2D eigenvalue weighted by Gasteiger charge is 2.26. The number of rotatable bonds is 45. The zero-order valence-corrected chi connectivity index (χ0v) is 36.4. The monoisotopic (exact) mass is 793 g/mol. The molecule has 0 spiro atoms. The quantitative estimate of drug-likeness (QED) is 0.0313. The largest absolute Gasteiger partial charge is 0.472 e. The Morgan fingerprint density at radius 3 is 1.20 bits per heavy atom. The van der Waals surface area contributed by atoms with Gasteiger partial charge < -0.3 is 24.6 Å². The van der Waals surface area contributed by atoms with E-state index in [9.17, 15) is 19.4 Å². The van der Waals surface area contributed by atoms with Gasteiger partial charge in [-0.05, 0) is 12.8 Å². The molecule has 324 valence electrons. The Kier molecular flexibility index (Phi) is 41.7.